The molecule has 4 N–H and O–H groups in total. The molecule has 3 saturated heterocycles. The van der Waals surface area contributed by atoms with Gasteiger partial charge in [-0.2, -0.15) is 17.6 Å². The molecule has 0 bridgehead atoms. The van der Waals surface area contributed by atoms with E-state index in [4.69, 9.17) is 44.1 Å². The first-order valence-electron chi connectivity index (χ1n) is 14.9. The first kappa shape index (κ1) is 35.3. The standard InChI is InChI=1S/C27H26F2O5.C6H10F2O5/c28-27(29)24(30-16-19-10-4-1-5-11-19)23-22(18-31-25(34-23)21-14-8-3-9-15-21)33-26(27)32-17-20-12-6-2-7-13-20;7-6(8)4(11)3(10)2(1-9)13-5(6)12/h1-15,22-26H,16-18H2;2-5,9-12H,1H2. The molecule has 0 aliphatic carbocycles. The van der Waals surface area contributed by atoms with E-state index in [1.807, 2.05) is 91.0 Å². The average Bonchev–Trinajstić information content (AvgIpc) is 3.09. The van der Waals surface area contributed by atoms with Crippen LogP contribution in [0.1, 0.15) is 23.0 Å². The minimum absolute atomic E-state index is 0.00986. The highest BCUT2D eigenvalue weighted by molar-refractivity contribution is 5.18. The summed E-state index contributed by atoms with van der Waals surface area (Å²) in [6.07, 6.45) is -14.2. The molecule has 3 aliphatic heterocycles. The van der Waals surface area contributed by atoms with Gasteiger partial charge < -0.3 is 48.8 Å². The Morgan fingerprint density at radius 2 is 1.26 bits per heavy atom. The van der Waals surface area contributed by atoms with Gasteiger partial charge in [-0.3, -0.25) is 0 Å². The molecule has 0 aromatic heterocycles. The summed E-state index contributed by atoms with van der Waals surface area (Å²) < 4.78 is 90.0. The Morgan fingerprint density at radius 3 is 1.83 bits per heavy atom. The zero-order valence-electron chi connectivity index (χ0n) is 24.9. The molecule has 3 aromatic carbocycles. The second-order valence-corrected chi connectivity index (χ2v) is 11.2. The van der Waals surface area contributed by atoms with E-state index < -0.39 is 73.9 Å². The molecular formula is C33H36F4O10. The van der Waals surface area contributed by atoms with E-state index in [0.717, 1.165) is 16.7 Å². The topological polar surface area (TPSA) is 136 Å². The molecule has 0 saturated carbocycles. The average molecular weight is 669 g/mol. The number of alkyl halides is 4. The van der Waals surface area contributed by atoms with Gasteiger partial charge in [0.1, 0.15) is 24.4 Å². The largest absolute Gasteiger partial charge is 0.394 e. The molecule has 3 aromatic rings. The number of rotatable bonds is 8. The van der Waals surface area contributed by atoms with Gasteiger partial charge in [0.25, 0.3) is 0 Å². The van der Waals surface area contributed by atoms with Crippen LogP contribution in [0.3, 0.4) is 0 Å². The van der Waals surface area contributed by atoms with Gasteiger partial charge in [-0.1, -0.05) is 91.0 Å². The highest BCUT2D eigenvalue weighted by Crippen LogP contribution is 2.43. The number of fused-ring (bicyclic) bond motifs is 1. The minimum atomic E-state index is -3.93. The zero-order chi connectivity index (χ0) is 33.6. The summed E-state index contributed by atoms with van der Waals surface area (Å²) in [4.78, 5) is 0. The van der Waals surface area contributed by atoms with Crippen LogP contribution in [-0.4, -0.2) is 94.7 Å². The highest BCUT2D eigenvalue weighted by atomic mass is 19.3. The van der Waals surface area contributed by atoms with E-state index in [0.29, 0.717) is 0 Å². The lowest BCUT2D eigenvalue weighted by Crippen LogP contribution is -2.66. The predicted octanol–water partition coefficient (Wildman–Crippen LogP) is 3.32. The third kappa shape index (κ3) is 8.17. The van der Waals surface area contributed by atoms with Crippen molar-refractivity contribution in [3.63, 3.8) is 0 Å². The van der Waals surface area contributed by atoms with Crippen LogP contribution in [0.25, 0.3) is 0 Å². The number of halogens is 4. The molecule has 47 heavy (non-hydrogen) atoms. The van der Waals surface area contributed by atoms with Crippen LogP contribution < -0.4 is 0 Å². The molecule has 0 spiro atoms. The maximum absolute atomic E-state index is 15.7. The summed E-state index contributed by atoms with van der Waals surface area (Å²) in [6, 6.07) is 27.5. The van der Waals surface area contributed by atoms with Gasteiger partial charge in [0, 0.05) is 5.56 Å². The number of ether oxygens (including phenoxy) is 6. The third-order valence-corrected chi connectivity index (χ3v) is 7.85. The molecule has 3 fully saturated rings. The Labute approximate surface area is 268 Å². The van der Waals surface area contributed by atoms with Crippen LogP contribution in [0.4, 0.5) is 17.6 Å². The predicted molar refractivity (Wildman–Crippen MR) is 155 cm³/mol. The number of benzene rings is 3. The van der Waals surface area contributed by atoms with Crippen LogP contribution in [0.5, 0.6) is 0 Å². The van der Waals surface area contributed by atoms with E-state index in [2.05, 4.69) is 4.74 Å². The van der Waals surface area contributed by atoms with E-state index in [1.165, 1.54) is 0 Å². The van der Waals surface area contributed by atoms with Crippen molar-refractivity contribution in [3.05, 3.63) is 108 Å². The van der Waals surface area contributed by atoms with Crippen LogP contribution in [-0.2, 0) is 41.6 Å². The van der Waals surface area contributed by atoms with Gasteiger partial charge in [-0.25, -0.2) is 0 Å². The molecule has 0 radical (unpaired) electrons. The number of aliphatic hydroxyl groups is 4. The van der Waals surface area contributed by atoms with Gasteiger partial charge >= 0.3 is 11.8 Å². The molecule has 9 unspecified atom stereocenters. The summed E-state index contributed by atoms with van der Waals surface area (Å²) in [5, 5.41) is 35.0. The van der Waals surface area contributed by atoms with Crippen LogP contribution in [0.15, 0.2) is 91.0 Å². The van der Waals surface area contributed by atoms with Crippen molar-refractivity contribution < 1.29 is 66.4 Å². The molecule has 6 rings (SSSR count). The smallest absolute Gasteiger partial charge is 0.326 e. The Morgan fingerprint density at radius 1 is 0.702 bits per heavy atom. The fourth-order valence-corrected chi connectivity index (χ4v) is 5.24. The minimum Gasteiger partial charge on any atom is -0.394 e. The summed E-state index contributed by atoms with van der Waals surface area (Å²) in [7, 11) is 0. The Balaban J connectivity index is 0.000000281. The van der Waals surface area contributed by atoms with Crippen molar-refractivity contribution in [3.8, 4) is 0 Å². The second-order valence-electron chi connectivity index (χ2n) is 11.2. The first-order chi connectivity index (χ1) is 22.5. The van der Waals surface area contributed by atoms with Crippen LogP contribution >= 0.6 is 0 Å². The lowest BCUT2D eigenvalue weighted by atomic mass is 9.96. The quantitative estimate of drug-likeness (QED) is 0.265. The second kappa shape index (κ2) is 15.5. The van der Waals surface area contributed by atoms with Crippen LogP contribution in [0, 0.1) is 0 Å². The summed E-state index contributed by atoms with van der Waals surface area (Å²) in [5.74, 6) is -7.38. The molecule has 3 aliphatic rings. The summed E-state index contributed by atoms with van der Waals surface area (Å²) in [6.45, 7) is -0.684. The molecular weight excluding hydrogens is 632 g/mol. The highest BCUT2D eigenvalue weighted by Gasteiger charge is 2.62. The number of hydrogen-bond donors (Lipinski definition) is 4. The summed E-state index contributed by atoms with van der Waals surface area (Å²) >= 11 is 0. The Kier molecular flexibility index (Phi) is 11.6. The molecule has 3 heterocycles. The van der Waals surface area contributed by atoms with E-state index >= 15 is 8.78 Å². The fraction of sp³-hybridized carbons (Fsp3) is 0.455. The Bertz CT molecular complexity index is 1370. The lowest BCUT2D eigenvalue weighted by Gasteiger charge is -2.48. The van der Waals surface area contributed by atoms with Crippen molar-refractivity contribution in [2.24, 2.45) is 0 Å². The van der Waals surface area contributed by atoms with Crippen LogP contribution in [0.2, 0.25) is 0 Å². The molecule has 14 heteroatoms. The molecule has 0 amide bonds. The van der Waals surface area contributed by atoms with Crippen molar-refractivity contribution in [2.45, 2.75) is 80.6 Å². The molecule has 10 nitrogen and oxygen atoms in total. The maximum Gasteiger partial charge on any atom is 0.326 e. The third-order valence-electron chi connectivity index (χ3n) is 7.85. The van der Waals surface area contributed by atoms with Crippen molar-refractivity contribution in [1.29, 1.82) is 0 Å². The van der Waals surface area contributed by atoms with Gasteiger partial charge in [-0.05, 0) is 11.1 Å². The SMILES string of the molecule is FC1(F)C(OCc2ccccc2)OC2COC(c3ccccc3)OC2C1OCc1ccccc1.OCC1OC(O)C(F)(F)C(O)C1O. The van der Waals surface area contributed by atoms with E-state index in [9.17, 15) is 8.78 Å². The number of aliphatic hydroxyl groups excluding tert-OH is 4. The summed E-state index contributed by atoms with van der Waals surface area (Å²) in [5.41, 5.74) is 2.30. The molecule has 9 atom stereocenters. The maximum atomic E-state index is 15.7. The zero-order valence-corrected chi connectivity index (χ0v) is 24.9. The van der Waals surface area contributed by atoms with Crippen molar-refractivity contribution in [1.82, 2.24) is 0 Å². The molecule has 256 valence electrons. The van der Waals surface area contributed by atoms with Gasteiger partial charge in [0.15, 0.2) is 18.5 Å². The van der Waals surface area contributed by atoms with Crippen molar-refractivity contribution in [2.75, 3.05) is 13.2 Å². The monoisotopic (exact) mass is 668 g/mol. The van der Waals surface area contributed by atoms with E-state index in [1.54, 1.807) is 0 Å². The Hall–Kier alpha value is -3.02. The van der Waals surface area contributed by atoms with Gasteiger partial charge in [0.2, 0.25) is 12.6 Å². The van der Waals surface area contributed by atoms with Crippen molar-refractivity contribution >= 4 is 0 Å². The van der Waals surface area contributed by atoms with E-state index in [-0.39, 0.29) is 19.8 Å². The lowest BCUT2D eigenvalue weighted by molar-refractivity contribution is -0.405. The normalized spacial score (nSPS) is 32.8. The van der Waals surface area contributed by atoms with Gasteiger partial charge in [-0.15, -0.1) is 0 Å². The number of hydrogen-bond acceptors (Lipinski definition) is 10. The first-order valence-corrected chi connectivity index (χ1v) is 14.9. The van der Waals surface area contributed by atoms with Gasteiger partial charge in [0.05, 0.1) is 26.4 Å². The fourth-order valence-electron chi connectivity index (χ4n) is 5.24.